The average molecular weight is 526 g/mol. The van der Waals surface area contributed by atoms with E-state index >= 15 is 0 Å². The Hall–Kier alpha value is -3.86. The number of pyridine rings is 1. The molecule has 2 aromatic heterocycles. The van der Waals surface area contributed by atoms with Gasteiger partial charge in [-0.05, 0) is 54.1 Å². The fraction of sp³-hybridized carbons (Fsp3) is 0.120. The van der Waals surface area contributed by atoms with Crippen molar-refractivity contribution in [1.82, 2.24) is 19.7 Å². The van der Waals surface area contributed by atoms with Crippen LogP contribution in [-0.2, 0) is 24.0 Å². The molecule has 186 valence electrons. The summed E-state index contributed by atoms with van der Waals surface area (Å²) in [6.45, 7) is 1.09. The molecule has 2 aromatic carbocycles. The van der Waals surface area contributed by atoms with Crippen LogP contribution in [0.4, 0.5) is 0 Å². The molecule has 3 heterocycles. The number of halogens is 1. The third kappa shape index (κ3) is 6.63. The van der Waals surface area contributed by atoms with Gasteiger partial charge < -0.3 is 14.2 Å². The Morgan fingerprint density at radius 1 is 1.06 bits per heavy atom. The van der Waals surface area contributed by atoms with Crippen molar-refractivity contribution in [3.8, 4) is 5.75 Å². The molecule has 11 heteroatoms. The van der Waals surface area contributed by atoms with Crippen molar-refractivity contribution in [2.24, 2.45) is 5.14 Å². The molecule has 3 N–H and O–H groups in total. The zero-order valence-corrected chi connectivity index (χ0v) is 20.7. The van der Waals surface area contributed by atoms with Crippen LogP contribution in [0.1, 0.15) is 11.3 Å². The zero-order chi connectivity index (χ0) is 25.5. The molecule has 0 bridgehead atoms. The minimum Gasteiger partial charge on any atom is -0.467 e. The van der Waals surface area contributed by atoms with E-state index in [1.54, 1.807) is 22.9 Å². The highest BCUT2D eigenvalue weighted by atomic mass is 35.5. The molecule has 0 saturated carbocycles. The molecule has 0 spiro atoms. The molecule has 36 heavy (non-hydrogen) atoms. The lowest BCUT2D eigenvalue weighted by atomic mass is 10.2. The van der Waals surface area contributed by atoms with Gasteiger partial charge in [0.05, 0.1) is 24.3 Å². The standard InChI is InChI=1S/C25H21ClN4O2.H3NO2S/c26-19-9-12-22-21(15-19)23(28-27-22)17-30-14-4-2-6-25(30)32-20-10-7-18(8-11-20)16-29-13-3-1-5-24(29)31;1-4(2)3/h1-15,25H,16-17H2,(H,27,28);4H,(H2,1,2,3). The first-order valence-corrected chi connectivity index (χ1v) is 12.5. The summed E-state index contributed by atoms with van der Waals surface area (Å²) in [6, 6.07) is 18.7. The molecule has 5 rings (SSSR count). The minimum atomic E-state index is -2.62. The van der Waals surface area contributed by atoms with Gasteiger partial charge in [-0.1, -0.05) is 35.9 Å². The quantitative estimate of drug-likeness (QED) is 0.332. The third-order valence-electron chi connectivity index (χ3n) is 5.36. The number of fused-ring (bicyclic) bond motifs is 1. The lowest BCUT2D eigenvalue weighted by molar-refractivity contribution is 0.0942. The van der Waals surface area contributed by atoms with Crippen LogP contribution >= 0.6 is 11.6 Å². The molecule has 0 amide bonds. The number of rotatable bonds is 6. The number of ether oxygens (including phenoxy) is 1. The molecule has 0 aliphatic carbocycles. The number of aromatic nitrogens is 3. The predicted molar refractivity (Wildman–Crippen MR) is 140 cm³/mol. The largest absolute Gasteiger partial charge is 0.467 e. The maximum atomic E-state index is 11.9. The van der Waals surface area contributed by atoms with E-state index in [-0.39, 0.29) is 11.8 Å². The van der Waals surface area contributed by atoms with Crippen molar-refractivity contribution < 1.29 is 13.2 Å². The van der Waals surface area contributed by atoms with Gasteiger partial charge in [0, 0.05) is 28.9 Å². The van der Waals surface area contributed by atoms with E-state index in [1.165, 1.54) is 0 Å². The van der Waals surface area contributed by atoms with Crippen molar-refractivity contribution in [1.29, 1.82) is 0 Å². The Morgan fingerprint density at radius 2 is 1.83 bits per heavy atom. The van der Waals surface area contributed by atoms with Gasteiger partial charge in [0.15, 0.2) is 17.1 Å². The summed E-state index contributed by atoms with van der Waals surface area (Å²) in [6.07, 6.45) is 9.45. The summed E-state index contributed by atoms with van der Waals surface area (Å²) in [5, 5.41) is 13.3. The van der Waals surface area contributed by atoms with E-state index in [0.29, 0.717) is 18.1 Å². The van der Waals surface area contributed by atoms with E-state index in [1.807, 2.05) is 73.0 Å². The Labute approximate surface area is 214 Å². The molecule has 9 nitrogen and oxygen atoms in total. The first-order chi connectivity index (χ1) is 17.4. The number of benzene rings is 2. The van der Waals surface area contributed by atoms with Crippen LogP contribution in [0.3, 0.4) is 0 Å². The number of aromatic amines is 1. The highest BCUT2D eigenvalue weighted by Gasteiger charge is 2.19. The summed E-state index contributed by atoms with van der Waals surface area (Å²) in [5.41, 5.74) is 2.86. The van der Waals surface area contributed by atoms with E-state index < -0.39 is 10.9 Å². The van der Waals surface area contributed by atoms with E-state index in [0.717, 1.165) is 27.9 Å². The minimum absolute atomic E-state index is 0.0187. The van der Waals surface area contributed by atoms with Crippen LogP contribution in [0, 0.1) is 0 Å². The Bertz CT molecular complexity index is 1520. The number of hydrogen-bond acceptors (Lipinski definition) is 6. The molecule has 0 radical (unpaired) electrons. The summed E-state index contributed by atoms with van der Waals surface area (Å²) in [5.74, 6) is 0.749. The second-order valence-electron chi connectivity index (χ2n) is 7.86. The van der Waals surface area contributed by atoms with E-state index in [9.17, 15) is 4.79 Å². The smallest absolute Gasteiger partial charge is 0.250 e. The molecule has 1 aliphatic rings. The third-order valence-corrected chi connectivity index (χ3v) is 5.59. The number of allylic oxidation sites excluding steroid dienone is 2. The van der Waals surface area contributed by atoms with Gasteiger partial charge in [0.25, 0.3) is 5.56 Å². The second-order valence-corrected chi connectivity index (χ2v) is 8.87. The molecule has 0 fully saturated rings. The van der Waals surface area contributed by atoms with Crippen molar-refractivity contribution in [3.05, 3.63) is 118 Å². The normalized spacial score (nSPS) is 14.6. The SMILES string of the molecule is N[SH](=O)=O.O=c1ccccn1Cc1ccc(OC2C=CC=CN2Cc2n[nH]c3ccc(Cl)cc23)cc1. The van der Waals surface area contributed by atoms with Crippen LogP contribution < -0.4 is 15.4 Å². The monoisotopic (exact) mass is 525 g/mol. The Morgan fingerprint density at radius 3 is 2.58 bits per heavy atom. The first kappa shape index (κ1) is 25.2. The van der Waals surface area contributed by atoms with Gasteiger partial charge in [-0.3, -0.25) is 9.89 Å². The van der Waals surface area contributed by atoms with Crippen molar-refractivity contribution >= 4 is 33.4 Å². The second kappa shape index (κ2) is 11.7. The Kier molecular flexibility index (Phi) is 8.21. The Balaban J connectivity index is 0.000000709. The fourth-order valence-electron chi connectivity index (χ4n) is 3.70. The maximum absolute atomic E-state index is 11.9. The fourth-order valence-corrected chi connectivity index (χ4v) is 3.87. The average Bonchev–Trinajstić information content (AvgIpc) is 3.24. The zero-order valence-electron chi connectivity index (χ0n) is 19.0. The molecule has 1 atom stereocenters. The first-order valence-electron chi connectivity index (χ1n) is 10.9. The molecular weight excluding hydrogens is 502 g/mol. The van der Waals surface area contributed by atoms with Crippen molar-refractivity contribution in [2.75, 3.05) is 0 Å². The van der Waals surface area contributed by atoms with Gasteiger partial charge >= 0.3 is 0 Å². The van der Waals surface area contributed by atoms with Crippen LogP contribution in [0.15, 0.2) is 96.1 Å². The maximum Gasteiger partial charge on any atom is 0.250 e. The van der Waals surface area contributed by atoms with Gasteiger partial charge in [-0.15, -0.1) is 0 Å². The van der Waals surface area contributed by atoms with Gasteiger partial charge in [-0.25, -0.2) is 13.6 Å². The molecule has 4 aromatic rings. The lowest BCUT2D eigenvalue weighted by Gasteiger charge is -2.30. The van der Waals surface area contributed by atoms with E-state index in [4.69, 9.17) is 24.8 Å². The van der Waals surface area contributed by atoms with Gasteiger partial charge in [0.1, 0.15) is 5.75 Å². The summed E-state index contributed by atoms with van der Waals surface area (Å²) in [4.78, 5) is 14.0. The van der Waals surface area contributed by atoms with Gasteiger partial charge in [0.2, 0.25) is 0 Å². The van der Waals surface area contributed by atoms with Crippen LogP contribution in [0.5, 0.6) is 5.75 Å². The van der Waals surface area contributed by atoms with Crippen molar-refractivity contribution in [3.63, 3.8) is 0 Å². The molecule has 1 unspecified atom stereocenters. The number of H-pyrrole nitrogens is 1. The van der Waals surface area contributed by atoms with Gasteiger partial charge in [-0.2, -0.15) is 5.10 Å². The summed E-state index contributed by atoms with van der Waals surface area (Å²) < 4.78 is 25.5. The highest BCUT2D eigenvalue weighted by molar-refractivity contribution is 7.69. The molecule has 1 aliphatic heterocycles. The summed E-state index contributed by atoms with van der Waals surface area (Å²) >= 11 is 6.17. The van der Waals surface area contributed by atoms with Crippen molar-refractivity contribution in [2.45, 2.75) is 19.3 Å². The highest BCUT2D eigenvalue weighted by Crippen LogP contribution is 2.24. The van der Waals surface area contributed by atoms with Crippen LogP contribution in [0.2, 0.25) is 5.02 Å². The number of hydrogen-bond donors (Lipinski definition) is 3. The number of thiol groups is 1. The topological polar surface area (TPSA) is 123 Å². The molecular formula is C25H24ClN5O4S. The molecule has 0 saturated heterocycles. The number of nitrogens with one attached hydrogen (secondary N) is 1. The number of nitrogens with zero attached hydrogens (tertiary/aromatic N) is 3. The predicted octanol–water partition coefficient (Wildman–Crippen LogP) is 3.19. The number of nitrogens with two attached hydrogens (primary N) is 1. The summed E-state index contributed by atoms with van der Waals surface area (Å²) in [7, 11) is -2.62. The van der Waals surface area contributed by atoms with Crippen LogP contribution in [0.25, 0.3) is 10.9 Å². The van der Waals surface area contributed by atoms with Crippen LogP contribution in [-0.4, -0.2) is 34.3 Å². The lowest BCUT2D eigenvalue weighted by Crippen LogP contribution is -2.35. The van der Waals surface area contributed by atoms with E-state index in [2.05, 4.69) is 20.2 Å².